The van der Waals surface area contributed by atoms with Crippen molar-refractivity contribution in [1.82, 2.24) is 4.90 Å². The van der Waals surface area contributed by atoms with Gasteiger partial charge in [0.2, 0.25) is 0 Å². The van der Waals surface area contributed by atoms with Gasteiger partial charge in [0.1, 0.15) is 5.82 Å². The lowest BCUT2D eigenvalue weighted by Crippen LogP contribution is -2.33. The summed E-state index contributed by atoms with van der Waals surface area (Å²) in [5.74, 6) is -0.526. The highest BCUT2D eigenvalue weighted by Crippen LogP contribution is 2.26. The van der Waals surface area contributed by atoms with Crippen LogP contribution in [0.1, 0.15) is 39.1 Å². The molecule has 5 heteroatoms. The predicted molar refractivity (Wildman–Crippen MR) is 100 cm³/mol. The first-order chi connectivity index (χ1) is 12.5. The van der Waals surface area contributed by atoms with Crippen LogP contribution in [0.25, 0.3) is 0 Å². The molecule has 3 rings (SSSR count). The maximum Gasteiger partial charge on any atom is 0.255 e. The van der Waals surface area contributed by atoms with E-state index in [1.54, 1.807) is 12.1 Å². The number of anilines is 1. The van der Waals surface area contributed by atoms with Gasteiger partial charge in [-0.3, -0.25) is 9.59 Å². The van der Waals surface area contributed by atoms with Crippen molar-refractivity contribution in [3.05, 3.63) is 65.0 Å². The first kappa shape index (κ1) is 18.3. The number of Topliss-reactive ketones (excluding diaryl/α,β-unsaturated/α-hetero) is 1. The van der Waals surface area contributed by atoms with Crippen molar-refractivity contribution in [1.29, 1.82) is 0 Å². The van der Waals surface area contributed by atoms with Crippen LogP contribution < -0.4 is 5.32 Å². The number of benzene rings is 2. The smallest absolute Gasteiger partial charge is 0.255 e. The molecule has 0 bridgehead atoms. The lowest BCUT2D eigenvalue weighted by molar-refractivity contribution is 0.0855. The maximum absolute atomic E-state index is 13.0. The van der Waals surface area contributed by atoms with Gasteiger partial charge >= 0.3 is 0 Å². The van der Waals surface area contributed by atoms with Crippen LogP contribution in [0.5, 0.6) is 0 Å². The lowest BCUT2D eigenvalue weighted by atomic mass is 9.87. The predicted octanol–water partition coefficient (Wildman–Crippen LogP) is 3.91. The number of amides is 1. The number of halogens is 1. The van der Waals surface area contributed by atoms with E-state index < -0.39 is 0 Å². The number of nitrogens with zero attached hydrogens (tertiary/aromatic N) is 1. The third kappa shape index (κ3) is 3.99. The zero-order valence-corrected chi connectivity index (χ0v) is 15.1. The fourth-order valence-electron chi connectivity index (χ4n) is 3.32. The summed E-state index contributed by atoms with van der Waals surface area (Å²) in [6.07, 6.45) is 1.72. The summed E-state index contributed by atoms with van der Waals surface area (Å²) in [7, 11) is 2.07. The molecule has 1 amide bonds. The molecule has 1 aliphatic rings. The van der Waals surface area contributed by atoms with Gasteiger partial charge in [0, 0.05) is 22.7 Å². The molecular formula is C21H23FN2O2. The molecule has 1 N–H and O–H groups in total. The SMILES string of the molecule is Cc1c(NC(=O)c2ccc(F)cc2)cccc1C(=O)C1CCN(C)CC1. The van der Waals surface area contributed by atoms with Gasteiger partial charge in [0.15, 0.2) is 5.78 Å². The number of carbonyl (C=O) groups is 2. The van der Waals surface area contributed by atoms with Crippen LogP contribution in [0.2, 0.25) is 0 Å². The van der Waals surface area contributed by atoms with E-state index >= 15 is 0 Å². The van der Waals surface area contributed by atoms with Gasteiger partial charge in [-0.25, -0.2) is 4.39 Å². The minimum Gasteiger partial charge on any atom is -0.322 e. The van der Waals surface area contributed by atoms with E-state index in [0.717, 1.165) is 31.5 Å². The van der Waals surface area contributed by atoms with Crippen LogP contribution in [-0.4, -0.2) is 36.7 Å². The summed E-state index contributed by atoms with van der Waals surface area (Å²) in [5.41, 5.74) is 2.42. The molecule has 136 valence electrons. The summed E-state index contributed by atoms with van der Waals surface area (Å²) >= 11 is 0. The Morgan fingerprint density at radius 2 is 1.73 bits per heavy atom. The van der Waals surface area contributed by atoms with Gasteiger partial charge < -0.3 is 10.2 Å². The number of hydrogen-bond acceptors (Lipinski definition) is 3. The Morgan fingerprint density at radius 1 is 1.08 bits per heavy atom. The number of rotatable bonds is 4. The summed E-state index contributed by atoms with van der Waals surface area (Å²) < 4.78 is 13.0. The van der Waals surface area contributed by atoms with Crippen molar-refractivity contribution in [2.45, 2.75) is 19.8 Å². The summed E-state index contributed by atoms with van der Waals surface area (Å²) in [5, 5.41) is 2.83. The van der Waals surface area contributed by atoms with Crippen molar-refractivity contribution in [3.63, 3.8) is 0 Å². The monoisotopic (exact) mass is 354 g/mol. The standard InChI is InChI=1S/C21H23FN2O2/c1-14-18(20(25)15-10-12-24(2)13-11-15)4-3-5-19(14)23-21(26)16-6-8-17(22)9-7-16/h3-9,15H,10-13H2,1-2H3,(H,23,26). The molecule has 2 aromatic rings. The Hall–Kier alpha value is -2.53. The second-order valence-electron chi connectivity index (χ2n) is 6.88. The minimum absolute atomic E-state index is 0.0351. The van der Waals surface area contributed by atoms with Gasteiger partial charge in [-0.1, -0.05) is 12.1 Å². The molecule has 0 spiro atoms. The highest BCUT2D eigenvalue weighted by molar-refractivity contribution is 6.06. The quantitative estimate of drug-likeness (QED) is 0.847. The summed E-state index contributed by atoms with van der Waals surface area (Å²) in [4.78, 5) is 27.5. The highest BCUT2D eigenvalue weighted by Gasteiger charge is 2.26. The number of likely N-dealkylation sites (tertiary alicyclic amines) is 1. The molecule has 0 unspecified atom stereocenters. The normalized spacial score (nSPS) is 15.7. The van der Waals surface area contributed by atoms with Crippen LogP contribution in [0.4, 0.5) is 10.1 Å². The molecule has 0 aliphatic carbocycles. The Balaban J connectivity index is 1.77. The first-order valence-corrected chi connectivity index (χ1v) is 8.85. The molecule has 4 nitrogen and oxygen atoms in total. The fourth-order valence-corrected chi connectivity index (χ4v) is 3.32. The van der Waals surface area contributed by atoms with E-state index in [-0.39, 0.29) is 23.4 Å². The van der Waals surface area contributed by atoms with Crippen LogP contribution >= 0.6 is 0 Å². The zero-order chi connectivity index (χ0) is 18.7. The summed E-state index contributed by atoms with van der Waals surface area (Å²) in [6.45, 7) is 3.70. The molecule has 1 saturated heterocycles. The average molecular weight is 354 g/mol. The molecule has 2 aromatic carbocycles. The molecule has 0 saturated carbocycles. The van der Waals surface area contributed by atoms with E-state index in [4.69, 9.17) is 0 Å². The molecular weight excluding hydrogens is 331 g/mol. The third-order valence-corrected chi connectivity index (χ3v) is 5.04. The second kappa shape index (κ2) is 7.79. The Kier molecular flexibility index (Phi) is 5.47. The number of carbonyl (C=O) groups excluding carboxylic acids is 2. The third-order valence-electron chi connectivity index (χ3n) is 5.04. The molecule has 1 fully saturated rings. The van der Waals surface area contributed by atoms with Crippen LogP contribution in [-0.2, 0) is 0 Å². The fraction of sp³-hybridized carbons (Fsp3) is 0.333. The van der Waals surface area contributed by atoms with Gasteiger partial charge in [-0.2, -0.15) is 0 Å². The van der Waals surface area contributed by atoms with Crippen molar-refractivity contribution >= 4 is 17.4 Å². The zero-order valence-electron chi connectivity index (χ0n) is 15.1. The van der Waals surface area contributed by atoms with Gasteiger partial charge in [0.05, 0.1) is 0 Å². The van der Waals surface area contributed by atoms with Crippen molar-refractivity contribution in [2.24, 2.45) is 5.92 Å². The van der Waals surface area contributed by atoms with Gasteiger partial charge in [-0.15, -0.1) is 0 Å². The minimum atomic E-state index is -0.386. The van der Waals surface area contributed by atoms with E-state index in [9.17, 15) is 14.0 Å². The van der Waals surface area contributed by atoms with Crippen LogP contribution in [0, 0.1) is 18.7 Å². The second-order valence-corrected chi connectivity index (χ2v) is 6.88. The Bertz CT molecular complexity index is 809. The highest BCUT2D eigenvalue weighted by atomic mass is 19.1. The number of nitrogens with one attached hydrogen (secondary N) is 1. The van der Waals surface area contributed by atoms with E-state index in [2.05, 4.69) is 17.3 Å². The molecule has 0 atom stereocenters. The molecule has 26 heavy (non-hydrogen) atoms. The molecule has 0 aromatic heterocycles. The number of hydrogen-bond donors (Lipinski definition) is 1. The Morgan fingerprint density at radius 3 is 2.38 bits per heavy atom. The Labute approximate surface area is 153 Å². The molecule has 1 aliphatic heterocycles. The lowest BCUT2D eigenvalue weighted by Gasteiger charge is -2.28. The van der Waals surface area contributed by atoms with E-state index in [1.807, 2.05) is 13.0 Å². The van der Waals surface area contributed by atoms with E-state index in [1.165, 1.54) is 24.3 Å². The largest absolute Gasteiger partial charge is 0.322 e. The van der Waals surface area contributed by atoms with Crippen molar-refractivity contribution < 1.29 is 14.0 Å². The average Bonchev–Trinajstić information content (AvgIpc) is 2.64. The van der Waals surface area contributed by atoms with Crippen molar-refractivity contribution in [2.75, 3.05) is 25.5 Å². The topological polar surface area (TPSA) is 49.4 Å². The maximum atomic E-state index is 13.0. The molecule has 0 radical (unpaired) electrons. The van der Waals surface area contributed by atoms with Crippen LogP contribution in [0.15, 0.2) is 42.5 Å². The summed E-state index contributed by atoms with van der Waals surface area (Å²) in [6, 6.07) is 10.8. The number of piperidine rings is 1. The molecule has 1 heterocycles. The van der Waals surface area contributed by atoms with Crippen molar-refractivity contribution in [3.8, 4) is 0 Å². The van der Waals surface area contributed by atoms with E-state index in [0.29, 0.717) is 16.8 Å². The van der Waals surface area contributed by atoms with Gasteiger partial charge in [-0.05, 0) is 75.8 Å². The van der Waals surface area contributed by atoms with Crippen LogP contribution in [0.3, 0.4) is 0 Å². The van der Waals surface area contributed by atoms with Gasteiger partial charge in [0.25, 0.3) is 5.91 Å². The number of ketones is 1. The first-order valence-electron chi connectivity index (χ1n) is 8.85.